The minimum absolute atomic E-state index is 0.0838. The summed E-state index contributed by atoms with van der Waals surface area (Å²) in [7, 11) is 3.18. The molecule has 0 aromatic heterocycles. The van der Waals surface area contributed by atoms with Gasteiger partial charge in [-0.15, -0.1) is 0 Å². The molecule has 0 saturated carbocycles. The van der Waals surface area contributed by atoms with E-state index >= 15 is 0 Å². The first-order valence-corrected chi connectivity index (χ1v) is 10.3. The number of fused-ring (bicyclic) bond motifs is 1. The number of hydrogen-bond donors (Lipinski definition) is 1. The molecule has 1 aromatic rings. The molecule has 30 heavy (non-hydrogen) atoms. The van der Waals surface area contributed by atoms with Crippen LogP contribution in [0, 0.1) is 11.3 Å². The molecular formula is C22H30N4O4. The third kappa shape index (κ3) is 3.82. The maximum absolute atomic E-state index is 13.1. The highest BCUT2D eigenvalue weighted by molar-refractivity contribution is 5.89. The lowest BCUT2D eigenvalue weighted by molar-refractivity contribution is -0.142. The predicted molar refractivity (Wildman–Crippen MR) is 111 cm³/mol. The van der Waals surface area contributed by atoms with Crippen molar-refractivity contribution in [3.05, 3.63) is 23.3 Å². The molecule has 2 atom stereocenters. The number of carbonyl (C=O) groups is 2. The van der Waals surface area contributed by atoms with Crippen LogP contribution in [0.25, 0.3) is 0 Å². The Kier molecular flexibility index (Phi) is 6.22. The summed E-state index contributed by atoms with van der Waals surface area (Å²) in [6.45, 7) is 5.01. The maximum Gasteiger partial charge on any atom is 0.241 e. The van der Waals surface area contributed by atoms with E-state index in [0.717, 1.165) is 17.5 Å². The van der Waals surface area contributed by atoms with Gasteiger partial charge in [-0.05, 0) is 56.4 Å². The van der Waals surface area contributed by atoms with Gasteiger partial charge >= 0.3 is 0 Å². The van der Waals surface area contributed by atoms with Crippen molar-refractivity contribution >= 4 is 11.8 Å². The van der Waals surface area contributed by atoms with Gasteiger partial charge in [-0.25, -0.2) is 0 Å². The smallest absolute Gasteiger partial charge is 0.241 e. The van der Waals surface area contributed by atoms with E-state index in [-0.39, 0.29) is 18.2 Å². The third-order valence-electron chi connectivity index (χ3n) is 6.25. The second kappa shape index (κ2) is 8.52. The Morgan fingerprint density at radius 2 is 1.93 bits per heavy atom. The lowest BCUT2D eigenvalue weighted by atomic mass is 9.82. The van der Waals surface area contributed by atoms with Crippen LogP contribution in [0.15, 0.2) is 12.1 Å². The van der Waals surface area contributed by atoms with E-state index in [1.165, 1.54) is 4.90 Å². The summed E-state index contributed by atoms with van der Waals surface area (Å²) in [5.41, 5.74) is 7.61. The van der Waals surface area contributed by atoms with Crippen LogP contribution in [0.5, 0.6) is 11.5 Å². The molecule has 2 aliphatic rings. The fraction of sp³-hybridized carbons (Fsp3) is 0.591. The summed E-state index contributed by atoms with van der Waals surface area (Å²) in [4.78, 5) is 29.1. The second-order valence-corrected chi connectivity index (χ2v) is 8.35. The molecule has 2 N–H and O–H groups in total. The van der Waals surface area contributed by atoms with Gasteiger partial charge in [0.05, 0.1) is 38.3 Å². The zero-order valence-electron chi connectivity index (χ0n) is 18.1. The highest BCUT2D eigenvalue weighted by Crippen LogP contribution is 2.41. The van der Waals surface area contributed by atoms with E-state index in [4.69, 9.17) is 15.2 Å². The molecule has 2 aliphatic heterocycles. The number of nitrogens with zero attached hydrogens (tertiary/aromatic N) is 3. The lowest BCUT2D eigenvalue weighted by Gasteiger charge is -2.44. The van der Waals surface area contributed by atoms with Gasteiger partial charge in [-0.2, -0.15) is 5.26 Å². The van der Waals surface area contributed by atoms with E-state index in [2.05, 4.69) is 6.07 Å². The monoisotopic (exact) mass is 414 g/mol. The van der Waals surface area contributed by atoms with Crippen LogP contribution in [-0.4, -0.2) is 61.0 Å². The number of nitrogens with two attached hydrogens (primary N) is 1. The van der Waals surface area contributed by atoms with Crippen molar-refractivity contribution in [2.45, 2.75) is 57.2 Å². The van der Waals surface area contributed by atoms with Crippen molar-refractivity contribution < 1.29 is 19.1 Å². The first-order chi connectivity index (χ1) is 14.2. The van der Waals surface area contributed by atoms with Gasteiger partial charge < -0.3 is 25.0 Å². The average Bonchev–Trinajstić information content (AvgIpc) is 3.20. The van der Waals surface area contributed by atoms with Crippen molar-refractivity contribution in [3.8, 4) is 17.6 Å². The number of ether oxygens (including phenoxy) is 2. The summed E-state index contributed by atoms with van der Waals surface area (Å²) >= 11 is 0. The molecule has 2 amide bonds. The standard InChI is InChI=1S/C22H30N4O4/c1-22(2)16-11-19(30-4)18(29-3)10-14(16)7-9-26(22)20(27)12-17(24)21(28)25-8-5-6-15(25)13-23/h10-11,15,17H,5-9,12,24H2,1-4H3/t15-,17?/m0/s1. The van der Waals surface area contributed by atoms with E-state index in [1.54, 1.807) is 19.1 Å². The van der Waals surface area contributed by atoms with E-state index in [0.29, 0.717) is 37.4 Å². The molecule has 1 fully saturated rings. The van der Waals surface area contributed by atoms with Crippen LogP contribution >= 0.6 is 0 Å². The van der Waals surface area contributed by atoms with Crippen LogP contribution < -0.4 is 15.2 Å². The molecular weight excluding hydrogens is 384 g/mol. The van der Waals surface area contributed by atoms with Crippen molar-refractivity contribution in [1.82, 2.24) is 9.80 Å². The minimum atomic E-state index is -0.950. The molecule has 3 rings (SSSR count). The van der Waals surface area contributed by atoms with Crippen LogP contribution in [0.2, 0.25) is 0 Å². The van der Waals surface area contributed by atoms with Crippen LogP contribution in [0.1, 0.15) is 44.2 Å². The Bertz CT molecular complexity index is 877. The fourth-order valence-electron chi connectivity index (χ4n) is 4.55. The lowest BCUT2D eigenvalue weighted by Crippen LogP contribution is -2.53. The Hall–Kier alpha value is -2.79. The van der Waals surface area contributed by atoms with Crippen molar-refractivity contribution in [1.29, 1.82) is 5.26 Å². The molecule has 162 valence electrons. The van der Waals surface area contributed by atoms with Gasteiger partial charge in [-0.1, -0.05) is 0 Å². The molecule has 8 nitrogen and oxygen atoms in total. The number of likely N-dealkylation sites (tertiary alicyclic amines) is 1. The van der Waals surface area contributed by atoms with Crippen LogP contribution in [0.3, 0.4) is 0 Å². The molecule has 1 aromatic carbocycles. The quantitative estimate of drug-likeness (QED) is 0.783. The molecule has 0 spiro atoms. The largest absolute Gasteiger partial charge is 0.493 e. The van der Waals surface area contributed by atoms with E-state index < -0.39 is 17.6 Å². The second-order valence-electron chi connectivity index (χ2n) is 8.35. The highest BCUT2D eigenvalue weighted by atomic mass is 16.5. The first kappa shape index (κ1) is 21.9. The molecule has 0 radical (unpaired) electrons. The minimum Gasteiger partial charge on any atom is -0.493 e. The summed E-state index contributed by atoms with van der Waals surface area (Å²) in [6.07, 6.45) is 2.03. The number of benzene rings is 1. The van der Waals surface area contributed by atoms with Crippen LogP contribution in [0.4, 0.5) is 0 Å². The number of carbonyl (C=O) groups excluding carboxylic acids is 2. The zero-order valence-corrected chi connectivity index (χ0v) is 18.1. The topological polar surface area (TPSA) is 109 Å². The van der Waals surface area contributed by atoms with Gasteiger partial charge in [0.25, 0.3) is 0 Å². The number of nitriles is 1. The van der Waals surface area contributed by atoms with Gasteiger partial charge in [0.2, 0.25) is 11.8 Å². The van der Waals surface area contributed by atoms with Gasteiger partial charge in [0, 0.05) is 13.1 Å². The van der Waals surface area contributed by atoms with E-state index in [9.17, 15) is 14.9 Å². The highest BCUT2D eigenvalue weighted by Gasteiger charge is 2.40. The molecule has 2 heterocycles. The van der Waals surface area contributed by atoms with Gasteiger partial charge in [-0.3, -0.25) is 9.59 Å². The fourth-order valence-corrected chi connectivity index (χ4v) is 4.55. The number of amides is 2. The first-order valence-electron chi connectivity index (χ1n) is 10.3. The average molecular weight is 415 g/mol. The number of hydrogen-bond acceptors (Lipinski definition) is 6. The Morgan fingerprint density at radius 1 is 1.27 bits per heavy atom. The molecule has 1 saturated heterocycles. The number of rotatable bonds is 5. The summed E-state index contributed by atoms with van der Waals surface area (Å²) in [6, 6.07) is 4.63. The van der Waals surface area contributed by atoms with Crippen LogP contribution in [-0.2, 0) is 21.5 Å². The SMILES string of the molecule is COc1cc2c(cc1OC)C(C)(C)N(C(=O)CC(N)C(=O)N1CCC[C@H]1C#N)CC2. The summed E-state index contributed by atoms with van der Waals surface area (Å²) < 4.78 is 10.8. The molecule has 0 bridgehead atoms. The van der Waals surface area contributed by atoms with Gasteiger partial charge in [0.15, 0.2) is 11.5 Å². The maximum atomic E-state index is 13.1. The zero-order chi connectivity index (χ0) is 22.1. The molecule has 0 aliphatic carbocycles. The normalized spacial score (nSPS) is 20.9. The van der Waals surface area contributed by atoms with Crippen molar-refractivity contribution in [2.75, 3.05) is 27.3 Å². The summed E-state index contributed by atoms with van der Waals surface area (Å²) in [5, 5.41) is 9.22. The third-order valence-corrected chi connectivity index (χ3v) is 6.25. The molecule has 1 unspecified atom stereocenters. The summed E-state index contributed by atoms with van der Waals surface area (Å²) in [5.74, 6) is 0.780. The van der Waals surface area contributed by atoms with Gasteiger partial charge in [0.1, 0.15) is 6.04 Å². The Morgan fingerprint density at radius 3 is 2.57 bits per heavy atom. The Balaban J connectivity index is 1.77. The van der Waals surface area contributed by atoms with Crippen molar-refractivity contribution in [3.63, 3.8) is 0 Å². The van der Waals surface area contributed by atoms with Crippen molar-refractivity contribution in [2.24, 2.45) is 5.73 Å². The van der Waals surface area contributed by atoms with E-state index in [1.807, 2.05) is 26.0 Å². The molecule has 8 heteroatoms. The predicted octanol–water partition coefficient (Wildman–Crippen LogP) is 1.56. The Labute approximate surface area is 177 Å². The number of methoxy groups -OCH3 is 2.